The van der Waals surface area contributed by atoms with E-state index >= 15 is 0 Å². The maximum atomic E-state index is 11.3. The van der Waals surface area contributed by atoms with Crippen molar-refractivity contribution in [3.63, 3.8) is 0 Å². The maximum Gasteiger partial charge on any atom is 0.303 e. The highest BCUT2D eigenvalue weighted by molar-refractivity contribution is 5.91. The van der Waals surface area contributed by atoms with Crippen LogP contribution in [0.4, 0.5) is 0 Å². The molecule has 1 aromatic rings. The first kappa shape index (κ1) is 10.7. The van der Waals surface area contributed by atoms with Crippen LogP contribution in [-0.2, 0) is 14.3 Å². The second-order valence-corrected chi connectivity index (χ2v) is 4.01. The SMILES string of the molecule is CC(=O)OC1(C(N)=O)CC1c1ccccc1. The van der Waals surface area contributed by atoms with Crippen LogP contribution in [0.1, 0.15) is 24.8 Å². The number of nitrogens with two attached hydrogens (primary N) is 1. The molecule has 0 heterocycles. The molecule has 84 valence electrons. The van der Waals surface area contributed by atoms with Gasteiger partial charge < -0.3 is 10.5 Å². The Morgan fingerprint density at radius 2 is 2.00 bits per heavy atom. The number of rotatable bonds is 3. The molecule has 1 aliphatic rings. The van der Waals surface area contributed by atoms with E-state index in [9.17, 15) is 9.59 Å². The van der Waals surface area contributed by atoms with Crippen LogP contribution < -0.4 is 5.73 Å². The minimum Gasteiger partial charge on any atom is -0.448 e. The van der Waals surface area contributed by atoms with Gasteiger partial charge in [-0.3, -0.25) is 9.59 Å². The number of ether oxygens (including phenoxy) is 1. The van der Waals surface area contributed by atoms with Gasteiger partial charge in [0.25, 0.3) is 5.91 Å². The molecule has 1 amide bonds. The van der Waals surface area contributed by atoms with Crippen LogP contribution in [0.5, 0.6) is 0 Å². The van der Waals surface area contributed by atoms with E-state index in [0.29, 0.717) is 6.42 Å². The summed E-state index contributed by atoms with van der Waals surface area (Å²) in [4.78, 5) is 22.3. The highest BCUT2D eigenvalue weighted by atomic mass is 16.6. The standard InChI is InChI=1S/C12H13NO3/c1-8(14)16-12(11(13)15)7-10(12)9-5-3-2-4-6-9/h2-6,10H,7H2,1H3,(H2,13,15). The number of hydrogen-bond acceptors (Lipinski definition) is 3. The van der Waals surface area contributed by atoms with E-state index < -0.39 is 17.5 Å². The Balaban J connectivity index is 2.22. The zero-order chi connectivity index (χ0) is 11.8. The molecule has 4 heteroatoms. The molecule has 1 saturated carbocycles. The fraction of sp³-hybridized carbons (Fsp3) is 0.333. The van der Waals surface area contributed by atoms with E-state index in [1.54, 1.807) is 0 Å². The summed E-state index contributed by atoms with van der Waals surface area (Å²) in [6.07, 6.45) is 0.478. The molecule has 0 spiro atoms. The quantitative estimate of drug-likeness (QED) is 0.770. The topological polar surface area (TPSA) is 69.4 Å². The third-order valence-corrected chi connectivity index (χ3v) is 2.86. The molecule has 4 nitrogen and oxygen atoms in total. The molecular formula is C12H13NO3. The summed E-state index contributed by atoms with van der Waals surface area (Å²) in [5.74, 6) is -1.15. The average molecular weight is 219 g/mol. The van der Waals surface area contributed by atoms with Crippen LogP contribution in [0.2, 0.25) is 0 Å². The van der Waals surface area contributed by atoms with Crippen LogP contribution >= 0.6 is 0 Å². The molecule has 2 N–H and O–H groups in total. The van der Waals surface area contributed by atoms with Crippen molar-refractivity contribution in [2.24, 2.45) is 5.73 Å². The Bertz CT molecular complexity index is 429. The van der Waals surface area contributed by atoms with Crippen molar-refractivity contribution < 1.29 is 14.3 Å². The average Bonchev–Trinajstić information content (AvgIpc) is 2.94. The number of benzene rings is 1. The predicted octanol–water partition coefficient (Wildman–Crippen LogP) is 0.961. The van der Waals surface area contributed by atoms with E-state index in [0.717, 1.165) is 5.56 Å². The first-order valence-electron chi connectivity index (χ1n) is 5.11. The van der Waals surface area contributed by atoms with Gasteiger partial charge in [0.15, 0.2) is 5.60 Å². The fourth-order valence-corrected chi connectivity index (χ4v) is 2.01. The van der Waals surface area contributed by atoms with Crippen molar-refractivity contribution in [3.8, 4) is 0 Å². The molecule has 2 rings (SSSR count). The molecule has 0 aliphatic heterocycles. The number of esters is 1. The molecule has 2 unspecified atom stereocenters. The van der Waals surface area contributed by atoms with Gasteiger partial charge in [0.05, 0.1) is 0 Å². The number of carbonyl (C=O) groups is 2. The highest BCUT2D eigenvalue weighted by Gasteiger charge is 2.63. The summed E-state index contributed by atoms with van der Waals surface area (Å²) in [5, 5.41) is 0. The van der Waals surface area contributed by atoms with Crippen molar-refractivity contribution in [1.29, 1.82) is 0 Å². The lowest BCUT2D eigenvalue weighted by atomic mass is 10.1. The van der Waals surface area contributed by atoms with E-state index in [2.05, 4.69) is 0 Å². The summed E-state index contributed by atoms with van der Waals surface area (Å²) in [6, 6.07) is 9.46. The second kappa shape index (κ2) is 3.63. The molecule has 0 aromatic heterocycles. The summed E-state index contributed by atoms with van der Waals surface area (Å²) in [7, 11) is 0. The predicted molar refractivity (Wildman–Crippen MR) is 57.5 cm³/mol. The van der Waals surface area contributed by atoms with Gasteiger partial charge in [0, 0.05) is 19.3 Å². The Morgan fingerprint density at radius 3 is 2.50 bits per heavy atom. The Hall–Kier alpha value is -1.84. The molecular weight excluding hydrogens is 206 g/mol. The van der Waals surface area contributed by atoms with Crippen LogP contribution in [-0.4, -0.2) is 17.5 Å². The molecule has 1 aliphatic carbocycles. The van der Waals surface area contributed by atoms with Gasteiger partial charge in [-0.1, -0.05) is 30.3 Å². The van der Waals surface area contributed by atoms with Crippen LogP contribution in [0.3, 0.4) is 0 Å². The molecule has 1 aromatic carbocycles. The number of hydrogen-bond donors (Lipinski definition) is 1. The summed E-state index contributed by atoms with van der Waals surface area (Å²) in [5.41, 5.74) is 5.15. The molecule has 16 heavy (non-hydrogen) atoms. The van der Waals surface area contributed by atoms with E-state index in [4.69, 9.17) is 10.5 Å². The number of primary amides is 1. The zero-order valence-corrected chi connectivity index (χ0v) is 8.97. The van der Waals surface area contributed by atoms with Gasteiger partial charge in [0.1, 0.15) is 0 Å². The summed E-state index contributed by atoms with van der Waals surface area (Å²) >= 11 is 0. The molecule has 0 radical (unpaired) electrons. The minimum atomic E-state index is -1.12. The van der Waals surface area contributed by atoms with Crippen molar-refractivity contribution in [2.45, 2.75) is 24.9 Å². The summed E-state index contributed by atoms with van der Waals surface area (Å²) in [6.45, 7) is 1.28. The first-order valence-corrected chi connectivity index (χ1v) is 5.11. The Labute approximate surface area is 93.4 Å². The van der Waals surface area contributed by atoms with Crippen molar-refractivity contribution in [3.05, 3.63) is 35.9 Å². The van der Waals surface area contributed by atoms with Crippen LogP contribution in [0.25, 0.3) is 0 Å². The van der Waals surface area contributed by atoms with Crippen molar-refractivity contribution in [1.82, 2.24) is 0 Å². The summed E-state index contributed by atoms with van der Waals surface area (Å²) < 4.78 is 5.06. The number of carbonyl (C=O) groups excluding carboxylic acids is 2. The lowest BCUT2D eigenvalue weighted by Crippen LogP contribution is -2.36. The minimum absolute atomic E-state index is 0.102. The largest absolute Gasteiger partial charge is 0.448 e. The third-order valence-electron chi connectivity index (χ3n) is 2.86. The fourth-order valence-electron chi connectivity index (χ4n) is 2.01. The smallest absolute Gasteiger partial charge is 0.303 e. The van der Waals surface area contributed by atoms with Crippen LogP contribution in [0, 0.1) is 0 Å². The van der Waals surface area contributed by atoms with Crippen molar-refractivity contribution in [2.75, 3.05) is 0 Å². The Morgan fingerprint density at radius 1 is 1.38 bits per heavy atom. The first-order chi connectivity index (χ1) is 7.56. The highest BCUT2D eigenvalue weighted by Crippen LogP contribution is 2.54. The third kappa shape index (κ3) is 1.66. The molecule has 0 bridgehead atoms. The normalized spacial score (nSPS) is 27.2. The van der Waals surface area contributed by atoms with Crippen LogP contribution in [0.15, 0.2) is 30.3 Å². The van der Waals surface area contributed by atoms with Gasteiger partial charge >= 0.3 is 5.97 Å². The Kier molecular flexibility index (Phi) is 2.42. The van der Waals surface area contributed by atoms with Gasteiger partial charge in [-0.25, -0.2) is 0 Å². The molecule has 2 atom stereocenters. The van der Waals surface area contributed by atoms with Gasteiger partial charge in [-0.05, 0) is 5.56 Å². The van der Waals surface area contributed by atoms with Gasteiger partial charge in [-0.2, -0.15) is 0 Å². The second-order valence-electron chi connectivity index (χ2n) is 4.01. The molecule has 1 fully saturated rings. The van der Waals surface area contributed by atoms with Gasteiger partial charge in [0.2, 0.25) is 0 Å². The van der Waals surface area contributed by atoms with E-state index in [1.165, 1.54) is 6.92 Å². The van der Waals surface area contributed by atoms with Crippen molar-refractivity contribution >= 4 is 11.9 Å². The van der Waals surface area contributed by atoms with Gasteiger partial charge in [-0.15, -0.1) is 0 Å². The molecule has 0 saturated heterocycles. The number of amides is 1. The zero-order valence-electron chi connectivity index (χ0n) is 8.97. The monoisotopic (exact) mass is 219 g/mol. The lowest BCUT2D eigenvalue weighted by molar-refractivity contribution is -0.155. The van der Waals surface area contributed by atoms with E-state index in [1.807, 2.05) is 30.3 Å². The maximum absolute atomic E-state index is 11.3. The lowest BCUT2D eigenvalue weighted by Gasteiger charge is -2.13. The van der Waals surface area contributed by atoms with E-state index in [-0.39, 0.29) is 5.92 Å².